The highest BCUT2D eigenvalue weighted by Crippen LogP contribution is 2.34. The van der Waals surface area contributed by atoms with Gasteiger partial charge in [0.1, 0.15) is 18.0 Å². The van der Waals surface area contributed by atoms with Gasteiger partial charge in [0.25, 0.3) is 0 Å². The van der Waals surface area contributed by atoms with Gasteiger partial charge in [-0.25, -0.2) is 9.97 Å². The Kier molecular flexibility index (Phi) is 4.61. The minimum atomic E-state index is 0.698. The second-order valence-corrected chi connectivity index (χ2v) is 5.74. The smallest absolute Gasteiger partial charge is 0.137 e. The predicted octanol–water partition coefficient (Wildman–Crippen LogP) is 3.10. The molecule has 0 bridgehead atoms. The molecule has 0 spiro atoms. The van der Waals surface area contributed by atoms with E-state index in [0.717, 1.165) is 30.5 Å². The van der Waals surface area contributed by atoms with Crippen molar-refractivity contribution in [3.8, 4) is 0 Å². The molecule has 2 rings (SSSR count). The second-order valence-electron chi connectivity index (χ2n) is 5.74. The van der Waals surface area contributed by atoms with Crippen LogP contribution >= 0.6 is 0 Å². The molecule has 0 unspecified atom stereocenters. The third-order valence-corrected chi connectivity index (χ3v) is 3.72. The summed E-state index contributed by atoms with van der Waals surface area (Å²) in [7, 11) is 1.93. The van der Waals surface area contributed by atoms with Gasteiger partial charge in [-0.05, 0) is 31.6 Å². The number of aromatic nitrogens is 2. The lowest BCUT2D eigenvalue weighted by Crippen LogP contribution is -2.30. The Balaban J connectivity index is 2.25. The first-order valence-electron chi connectivity index (χ1n) is 7.45. The van der Waals surface area contributed by atoms with Crippen molar-refractivity contribution in [2.75, 3.05) is 23.8 Å². The molecular formula is C15H26N4. The van der Waals surface area contributed by atoms with Gasteiger partial charge in [-0.1, -0.05) is 20.8 Å². The van der Waals surface area contributed by atoms with Gasteiger partial charge in [-0.3, -0.25) is 0 Å². The van der Waals surface area contributed by atoms with E-state index < -0.39 is 0 Å². The van der Waals surface area contributed by atoms with Crippen LogP contribution in [0.4, 0.5) is 11.6 Å². The summed E-state index contributed by atoms with van der Waals surface area (Å²) < 4.78 is 0. The molecule has 0 amide bonds. The van der Waals surface area contributed by atoms with Gasteiger partial charge >= 0.3 is 0 Å². The predicted molar refractivity (Wildman–Crippen MR) is 80.8 cm³/mol. The van der Waals surface area contributed by atoms with E-state index in [1.807, 2.05) is 7.05 Å². The zero-order chi connectivity index (χ0) is 13.8. The van der Waals surface area contributed by atoms with Crippen molar-refractivity contribution in [3.63, 3.8) is 0 Å². The number of hydrogen-bond acceptors (Lipinski definition) is 4. The SMILES string of the molecule is CCc1c(NC)ncnc1N(CCC(C)C)C1CC1. The standard InChI is InChI=1S/C15H26N4/c1-5-13-14(16-4)17-10-18-15(13)19(12-6-7-12)9-8-11(2)3/h10-12H,5-9H2,1-4H3,(H,16,17,18). The molecule has 4 nitrogen and oxygen atoms in total. The van der Waals surface area contributed by atoms with E-state index in [1.54, 1.807) is 6.33 Å². The maximum atomic E-state index is 4.57. The van der Waals surface area contributed by atoms with Crippen molar-refractivity contribution in [1.29, 1.82) is 0 Å². The van der Waals surface area contributed by atoms with E-state index in [9.17, 15) is 0 Å². The van der Waals surface area contributed by atoms with Gasteiger partial charge in [0.2, 0.25) is 0 Å². The molecule has 1 aromatic rings. The summed E-state index contributed by atoms with van der Waals surface area (Å²) in [5.74, 6) is 2.85. The first-order chi connectivity index (χ1) is 9.17. The summed E-state index contributed by atoms with van der Waals surface area (Å²) in [5, 5.41) is 3.19. The van der Waals surface area contributed by atoms with Crippen molar-refractivity contribution in [2.24, 2.45) is 5.92 Å². The van der Waals surface area contributed by atoms with Crippen LogP contribution in [-0.4, -0.2) is 29.6 Å². The summed E-state index contributed by atoms with van der Waals surface area (Å²) in [6.45, 7) is 7.85. The van der Waals surface area contributed by atoms with Crippen LogP contribution in [0.25, 0.3) is 0 Å². The fourth-order valence-corrected chi connectivity index (χ4v) is 2.44. The van der Waals surface area contributed by atoms with Crippen molar-refractivity contribution >= 4 is 11.6 Å². The molecule has 1 heterocycles. The number of anilines is 2. The van der Waals surface area contributed by atoms with E-state index >= 15 is 0 Å². The maximum absolute atomic E-state index is 4.57. The molecule has 1 N–H and O–H groups in total. The molecule has 1 saturated carbocycles. The normalized spacial score (nSPS) is 14.8. The first-order valence-corrected chi connectivity index (χ1v) is 7.45. The van der Waals surface area contributed by atoms with Crippen molar-refractivity contribution in [1.82, 2.24) is 9.97 Å². The van der Waals surface area contributed by atoms with Gasteiger partial charge in [0.15, 0.2) is 0 Å². The summed E-state index contributed by atoms with van der Waals surface area (Å²) in [6, 6.07) is 0.698. The van der Waals surface area contributed by atoms with Gasteiger partial charge < -0.3 is 10.2 Å². The maximum Gasteiger partial charge on any atom is 0.137 e. The highest BCUT2D eigenvalue weighted by Gasteiger charge is 2.31. The Bertz CT molecular complexity index is 413. The van der Waals surface area contributed by atoms with E-state index in [-0.39, 0.29) is 0 Å². The quantitative estimate of drug-likeness (QED) is 0.820. The molecule has 1 aliphatic carbocycles. The van der Waals surface area contributed by atoms with Crippen LogP contribution in [0, 0.1) is 5.92 Å². The van der Waals surface area contributed by atoms with Crippen molar-refractivity contribution in [3.05, 3.63) is 11.9 Å². The van der Waals surface area contributed by atoms with Crippen LogP contribution in [0.3, 0.4) is 0 Å². The topological polar surface area (TPSA) is 41.1 Å². The van der Waals surface area contributed by atoms with Gasteiger partial charge in [0.05, 0.1) is 0 Å². The summed E-state index contributed by atoms with van der Waals surface area (Å²) in [4.78, 5) is 11.4. The van der Waals surface area contributed by atoms with Crippen LogP contribution in [-0.2, 0) is 6.42 Å². The van der Waals surface area contributed by atoms with Gasteiger partial charge in [0, 0.05) is 25.2 Å². The molecule has 19 heavy (non-hydrogen) atoms. The summed E-state index contributed by atoms with van der Waals surface area (Å²) in [5.41, 5.74) is 1.25. The molecule has 0 radical (unpaired) electrons. The largest absolute Gasteiger partial charge is 0.373 e. The van der Waals surface area contributed by atoms with Crippen LogP contribution < -0.4 is 10.2 Å². The monoisotopic (exact) mass is 262 g/mol. The summed E-state index contributed by atoms with van der Waals surface area (Å²) >= 11 is 0. The average Bonchev–Trinajstić information content (AvgIpc) is 3.22. The van der Waals surface area contributed by atoms with E-state index in [0.29, 0.717) is 6.04 Å². The Morgan fingerprint density at radius 3 is 2.63 bits per heavy atom. The van der Waals surface area contributed by atoms with Crippen molar-refractivity contribution < 1.29 is 0 Å². The molecule has 0 atom stereocenters. The lowest BCUT2D eigenvalue weighted by Gasteiger charge is -2.27. The van der Waals surface area contributed by atoms with Gasteiger partial charge in [-0.15, -0.1) is 0 Å². The van der Waals surface area contributed by atoms with E-state index in [2.05, 4.69) is 41.0 Å². The van der Waals surface area contributed by atoms with Crippen LogP contribution in [0.15, 0.2) is 6.33 Å². The third-order valence-electron chi connectivity index (χ3n) is 3.72. The number of rotatable bonds is 7. The van der Waals surface area contributed by atoms with Crippen LogP contribution in [0.5, 0.6) is 0 Å². The van der Waals surface area contributed by atoms with Crippen molar-refractivity contribution in [2.45, 2.75) is 52.5 Å². The zero-order valence-electron chi connectivity index (χ0n) is 12.6. The minimum absolute atomic E-state index is 0.698. The Morgan fingerprint density at radius 2 is 2.11 bits per heavy atom. The number of nitrogens with one attached hydrogen (secondary N) is 1. The highest BCUT2D eigenvalue weighted by atomic mass is 15.2. The molecule has 0 aliphatic heterocycles. The summed E-state index contributed by atoms with van der Waals surface area (Å²) in [6.07, 6.45) is 6.49. The molecule has 1 fully saturated rings. The van der Waals surface area contributed by atoms with E-state index in [1.165, 1.54) is 24.8 Å². The molecule has 1 aromatic heterocycles. The molecule has 4 heteroatoms. The molecule has 0 aromatic carbocycles. The lowest BCUT2D eigenvalue weighted by molar-refractivity contribution is 0.567. The Labute approximate surface area is 116 Å². The fourth-order valence-electron chi connectivity index (χ4n) is 2.44. The number of nitrogens with zero attached hydrogens (tertiary/aromatic N) is 3. The fraction of sp³-hybridized carbons (Fsp3) is 0.733. The third kappa shape index (κ3) is 3.37. The molecule has 1 aliphatic rings. The van der Waals surface area contributed by atoms with Crippen LogP contribution in [0.2, 0.25) is 0 Å². The Hall–Kier alpha value is -1.32. The lowest BCUT2D eigenvalue weighted by atomic mass is 10.1. The molecule has 106 valence electrons. The zero-order valence-corrected chi connectivity index (χ0v) is 12.6. The minimum Gasteiger partial charge on any atom is -0.373 e. The number of hydrogen-bond donors (Lipinski definition) is 1. The van der Waals surface area contributed by atoms with E-state index in [4.69, 9.17) is 0 Å². The molecular weight excluding hydrogens is 236 g/mol. The highest BCUT2D eigenvalue weighted by molar-refractivity contribution is 5.59. The first kappa shape index (κ1) is 14.1. The van der Waals surface area contributed by atoms with Crippen LogP contribution in [0.1, 0.15) is 45.6 Å². The molecule has 0 saturated heterocycles. The van der Waals surface area contributed by atoms with Gasteiger partial charge in [-0.2, -0.15) is 0 Å². The Morgan fingerprint density at radius 1 is 1.37 bits per heavy atom. The second kappa shape index (κ2) is 6.22. The average molecular weight is 262 g/mol.